The SMILES string of the molecule is CN=C(NCCc1noc(-c2ccccn2)n1)NCc1cccc(C(F)(F)F)c1. The van der Waals surface area contributed by atoms with Crippen molar-refractivity contribution < 1.29 is 17.7 Å². The number of guanidine groups is 1. The summed E-state index contributed by atoms with van der Waals surface area (Å²) in [6.45, 7) is 0.666. The summed E-state index contributed by atoms with van der Waals surface area (Å²) in [5.74, 6) is 1.30. The number of nitrogens with zero attached hydrogens (tertiary/aromatic N) is 4. The number of halogens is 3. The van der Waals surface area contributed by atoms with Crippen LogP contribution in [0.5, 0.6) is 0 Å². The summed E-state index contributed by atoms with van der Waals surface area (Å²) in [5.41, 5.74) is 0.416. The van der Waals surface area contributed by atoms with Crippen molar-refractivity contribution in [3.05, 3.63) is 65.6 Å². The third kappa shape index (κ3) is 5.77. The lowest BCUT2D eigenvalue weighted by Crippen LogP contribution is -2.38. The third-order valence-corrected chi connectivity index (χ3v) is 3.93. The Morgan fingerprint density at radius 1 is 1.14 bits per heavy atom. The molecule has 2 aromatic heterocycles. The van der Waals surface area contributed by atoms with Gasteiger partial charge in [0.1, 0.15) is 5.69 Å². The summed E-state index contributed by atoms with van der Waals surface area (Å²) >= 11 is 0. The molecule has 0 aliphatic rings. The molecule has 2 heterocycles. The van der Waals surface area contributed by atoms with Crippen LogP contribution in [0.15, 0.2) is 58.2 Å². The van der Waals surface area contributed by atoms with Gasteiger partial charge in [0.25, 0.3) is 5.89 Å². The van der Waals surface area contributed by atoms with E-state index in [0.717, 1.165) is 12.1 Å². The van der Waals surface area contributed by atoms with E-state index in [4.69, 9.17) is 4.52 Å². The van der Waals surface area contributed by atoms with Gasteiger partial charge in [0.2, 0.25) is 0 Å². The molecule has 0 unspecified atom stereocenters. The molecule has 3 rings (SSSR count). The van der Waals surface area contributed by atoms with Crippen LogP contribution in [0.1, 0.15) is 17.0 Å². The van der Waals surface area contributed by atoms with E-state index in [2.05, 4.69) is 30.8 Å². The first-order valence-electron chi connectivity index (χ1n) is 8.80. The van der Waals surface area contributed by atoms with Gasteiger partial charge in [-0.3, -0.25) is 9.98 Å². The molecular weight excluding hydrogens is 385 g/mol. The predicted molar refractivity (Wildman–Crippen MR) is 101 cm³/mol. The molecule has 0 radical (unpaired) electrons. The number of benzene rings is 1. The van der Waals surface area contributed by atoms with Crippen LogP contribution in [0.3, 0.4) is 0 Å². The summed E-state index contributed by atoms with van der Waals surface area (Å²) in [4.78, 5) is 12.5. The maximum Gasteiger partial charge on any atom is 0.416 e. The zero-order valence-electron chi connectivity index (χ0n) is 15.6. The fourth-order valence-electron chi connectivity index (χ4n) is 2.51. The molecule has 0 saturated carbocycles. The maximum absolute atomic E-state index is 12.8. The molecule has 0 aliphatic heterocycles. The Morgan fingerprint density at radius 3 is 2.72 bits per heavy atom. The largest absolute Gasteiger partial charge is 0.416 e. The second-order valence-corrected chi connectivity index (χ2v) is 6.03. The highest BCUT2D eigenvalue weighted by Gasteiger charge is 2.30. The van der Waals surface area contributed by atoms with Crippen LogP contribution in [-0.2, 0) is 19.1 Å². The highest BCUT2D eigenvalue weighted by Crippen LogP contribution is 2.29. The number of nitrogens with one attached hydrogen (secondary N) is 2. The normalized spacial score (nSPS) is 12.1. The predicted octanol–water partition coefficient (Wildman–Crippen LogP) is 3.06. The van der Waals surface area contributed by atoms with Crippen LogP contribution in [0.2, 0.25) is 0 Å². The summed E-state index contributed by atoms with van der Waals surface area (Å²) in [6, 6.07) is 10.5. The van der Waals surface area contributed by atoms with Gasteiger partial charge in [0.15, 0.2) is 11.8 Å². The molecule has 0 amide bonds. The van der Waals surface area contributed by atoms with Crippen molar-refractivity contribution in [3.8, 4) is 11.6 Å². The van der Waals surface area contributed by atoms with E-state index in [0.29, 0.717) is 41.9 Å². The molecule has 0 saturated heterocycles. The first kappa shape index (κ1) is 20.3. The minimum Gasteiger partial charge on any atom is -0.356 e. The average molecular weight is 404 g/mol. The second-order valence-electron chi connectivity index (χ2n) is 6.03. The van der Waals surface area contributed by atoms with Crippen molar-refractivity contribution in [2.45, 2.75) is 19.1 Å². The van der Waals surface area contributed by atoms with E-state index in [9.17, 15) is 13.2 Å². The Bertz CT molecular complexity index is 956. The van der Waals surface area contributed by atoms with Crippen molar-refractivity contribution in [2.24, 2.45) is 4.99 Å². The standard InChI is InChI=1S/C19H19F3N6O/c1-23-18(26-12-13-5-4-6-14(11-13)19(20,21)22)25-10-8-16-27-17(29-28-16)15-7-2-3-9-24-15/h2-7,9,11H,8,10,12H2,1H3,(H2,23,25,26). The Labute approximate surface area is 165 Å². The summed E-state index contributed by atoms with van der Waals surface area (Å²) in [7, 11) is 1.58. The maximum atomic E-state index is 12.8. The Hall–Kier alpha value is -3.43. The molecule has 0 bridgehead atoms. The van der Waals surface area contributed by atoms with Gasteiger partial charge in [0, 0.05) is 32.8 Å². The van der Waals surface area contributed by atoms with Crippen molar-refractivity contribution in [1.29, 1.82) is 0 Å². The van der Waals surface area contributed by atoms with Gasteiger partial charge in [-0.1, -0.05) is 23.4 Å². The molecule has 10 heteroatoms. The Kier molecular flexibility index (Phi) is 6.43. The van der Waals surface area contributed by atoms with E-state index < -0.39 is 11.7 Å². The average Bonchev–Trinajstić information content (AvgIpc) is 3.20. The number of pyridine rings is 1. The van der Waals surface area contributed by atoms with Crippen LogP contribution >= 0.6 is 0 Å². The zero-order chi connectivity index (χ0) is 20.7. The molecular formula is C19H19F3N6O. The van der Waals surface area contributed by atoms with Crippen LogP contribution in [0, 0.1) is 0 Å². The fourth-order valence-corrected chi connectivity index (χ4v) is 2.51. The first-order valence-corrected chi connectivity index (χ1v) is 8.80. The molecule has 29 heavy (non-hydrogen) atoms. The van der Waals surface area contributed by atoms with E-state index in [1.54, 1.807) is 31.4 Å². The summed E-state index contributed by atoms with van der Waals surface area (Å²) in [6.07, 6.45) is -2.25. The van der Waals surface area contributed by atoms with Gasteiger partial charge in [-0.2, -0.15) is 18.2 Å². The number of hydrogen-bond donors (Lipinski definition) is 2. The lowest BCUT2D eigenvalue weighted by Gasteiger charge is -2.12. The summed E-state index contributed by atoms with van der Waals surface area (Å²) in [5, 5.41) is 9.95. The second kappa shape index (κ2) is 9.18. The molecule has 0 aliphatic carbocycles. The fraction of sp³-hybridized carbons (Fsp3) is 0.263. The first-order chi connectivity index (χ1) is 14.0. The van der Waals surface area contributed by atoms with Crippen molar-refractivity contribution >= 4 is 5.96 Å². The number of hydrogen-bond acceptors (Lipinski definition) is 5. The third-order valence-electron chi connectivity index (χ3n) is 3.93. The van der Waals surface area contributed by atoms with Gasteiger partial charge in [-0.15, -0.1) is 0 Å². The van der Waals surface area contributed by atoms with E-state index in [-0.39, 0.29) is 6.54 Å². The minimum atomic E-state index is -4.37. The van der Waals surface area contributed by atoms with Crippen LogP contribution < -0.4 is 10.6 Å². The number of rotatable bonds is 6. The molecule has 7 nitrogen and oxygen atoms in total. The van der Waals surface area contributed by atoms with Crippen LogP contribution in [0.25, 0.3) is 11.6 Å². The molecule has 1 aromatic carbocycles. The van der Waals surface area contributed by atoms with Gasteiger partial charge in [0.05, 0.1) is 5.56 Å². The molecule has 152 valence electrons. The van der Waals surface area contributed by atoms with Crippen LogP contribution in [-0.4, -0.2) is 34.7 Å². The number of alkyl halides is 3. The quantitative estimate of drug-likeness (QED) is 0.485. The lowest BCUT2D eigenvalue weighted by atomic mass is 10.1. The zero-order valence-corrected chi connectivity index (χ0v) is 15.6. The monoisotopic (exact) mass is 404 g/mol. The summed E-state index contributed by atoms with van der Waals surface area (Å²) < 4.78 is 43.6. The highest BCUT2D eigenvalue weighted by atomic mass is 19.4. The molecule has 2 N–H and O–H groups in total. The Morgan fingerprint density at radius 2 is 2.00 bits per heavy atom. The molecule has 3 aromatic rings. The van der Waals surface area contributed by atoms with Gasteiger partial charge in [-0.25, -0.2) is 0 Å². The van der Waals surface area contributed by atoms with Crippen LogP contribution in [0.4, 0.5) is 13.2 Å². The molecule has 0 spiro atoms. The van der Waals surface area contributed by atoms with Gasteiger partial charge < -0.3 is 15.2 Å². The number of aromatic nitrogens is 3. The number of aliphatic imine (C=N–C) groups is 1. The smallest absolute Gasteiger partial charge is 0.356 e. The molecule has 0 atom stereocenters. The van der Waals surface area contributed by atoms with Crippen molar-refractivity contribution in [1.82, 2.24) is 25.8 Å². The highest BCUT2D eigenvalue weighted by molar-refractivity contribution is 5.79. The van der Waals surface area contributed by atoms with Crippen molar-refractivity contribution in [2.75, 3.05) is 13.6 Å². The van der Waals surface area contributed by atoms with E-state index >= 15 is 0 Å². The van der Waals surface area contributed by atoms with E-state index in [1.807, 2.05) is 6.07 Å². The van der Waals surface area contributed by atoms with Crippen molar-refractivity contribution in [3.63, 3.8) is 0 Å². The molecule has 0 fully saturated rings. The van der Waals surface area contributed by atoms with Gasteiger partial charge >= 0.3 is 6.18 Å². The lowest BCUT2D eigenvalue weighted by molar-refractivity contribution is -0.137. The minimum absolute atomic E-state index is 0.204. The van der Waals surface area contributed by atoms with E-state index in [1.165, 1.54) is 6.07 Å². The Balaban J connectivity index is 1.48. The van der Waals surface area contributed by atoms with Gasteiger partial charge in [-0.05, 0) is 29.8 Å². The topological polar surface area (TPSA) is 88.2 Å².